The van der Waals surface area contributed by atoms with Crippen molar-refractivity contribution in [2.45, 2.75) is 19.8 Å². The molecule has 1 aromatic carbocycles. The second kappa shape index (κ2) is 5.74. The molecule has 3 heterocycles. The molecule has 24 heavy (non-hydrogen) atoms. The zero-order valence-electron chi connectivity index (χ0n) is 14.0. The zero-order valence-corrected chi connectivity index (χ0v) is 14.0. The Balaban J connectivity index is 1.65. The number of carbonyl (C=O) groups excluding carboxylic acids is 1. The maximum absolute atomic E-state index is 12.4. The van der Waals surface area contributed by atoms with Crippen molar-refractivity contribution in [3.8, 4) is 0 Å². The number of amides is 1. The maximum Gasteiger partial charge on any atom is 0.280 e. The van der Waals surface area contributed by atoms with E-state index in [1.807, 2.05) is 26.2 Å². The van der Waals surface area contributed by atoms with Gasteiger partial charge in [-0.3, -0.25) is 9.48 Å². The molecule has 0 radical (unpaired) electrons. The highest BCUT2D eigenvalue weighted by Crippen LogP contribution is 2.24. The van der Waals surface area contributed by atoms with Crippen molar-refractivity contribution in [3.63, 3.8) is 0 Å². The van der Waals surface area contributed by atoms with E-state index in [4.69, 9.17) is 0 Å². The first kappa shape index (κ1) is 14.9. The number of hydrogen-bond acceptors (Lipinski definition) is 3. The average molecular weight is 320 g/mol. The van der Waals surface area contributed by atoms with Crippen LogP contribution in [0.15, 0.2) is 47.1 Å². The Bertz CT molecular complexity index is 953. The van der Waals surface area contributed by atoms with E-state index in [2.05, 4.69) is 39.3 Å². The van der Waals surface area contributed by atoms with Crippen LogP contribution in [0.3, 0.4) is 0 Å². The third-order valence-corrected chi connectivity index (χ3v) is 4.75. The first-order valence-corrected chi connectivity index (χ1v) is 8.29. The molecule has 0 aliphatic carbocycles. The molecule has 2 aliphatic rings. The minimum atomic E-state index is -0.148. The fourth-order valence-electron chi connectivity index (χ4n) is 3.54. The van der Waals surface area contributed by atoms with Crippen LogP contribution >= 0.6 is 0 Å². The van der Waals surface area contributed by atoms with Crippen LogP contribution in [0.2, 0.25) is 0 Å². The molecule has 5 heteroatoms. The SMILES string of the molecule is Cc1nn(C)c2c1=C1CCN(CCc3ccccc3)C=C1C(=O)N=2. The van der Waals surface area contributed by atoms with Crippen molar-refractivity contribution in [1.82, 2.24) is 14.7 Å². The van der Waals surface area contributed by atoms with E-state index in [1.165, 1.54) is 5.56 Å². The van der Waals surface area contributed by atoms with Crippen LogP contribution < -0.4 is 10.7 Å². The van der Waals surface area contributed by atoms with Gasteiger partial charge >= 0.3 is 0 Å². The van der Waals surface area contributed by atoms with Crippen molar-refractivity contribution >= 4 is 11.5 Å². The van der Waals surface area contributed by atoms with Crippen LogP contribution in [0.1, 0.15) is 17.7 Å². The lowest BCUT2D eigenvalue weighted by Crippen LogP contribution is -2.40. The van der Waals surface area contributed by atoms with E-state index in [1.54, 1.807) is 4.68 Å². The van der Waals surface area contributed by atoms with E-state index in [0.29, 0.717) is 5.49 Å². The Morgan fingerprint density at radius 2 is 2.00 bits per heavy atom. The monoisotopic (exact) mass is 320 g/mol. The number of aryl methyl sites for hydroxylation is 2. The van der Waals surface area contributed by atoms with Gasteiger partial charge in [-0.2, -0.15) is 10.1 Å². The molecular formula is C19H20N4O. The summed E-state index contributed by atoms with van der Waals surface area (Å²) in [6, 6.07) is 10.4. The first-order valence-electron chi connectivity index (χ1n) is 8.29. The summed E-state index contributed by atoms with van der Waals surface area (Å²) in [5.41, 5.74) is 4.80. The number of carbonyl (C=O) groups is 1. The largest absolute Gasteiger partial charge is 0.376 e. The summed E-state index contributed by atoms with van der Waals surface area (Å²) in [5, 5.41) is 5.47. The standard InChI is InChI=1S/C19H20N4O/c1-13-17-15-9-11-23(10-8-14-6-4-3-5-7-14)12-16(15)19(24)20-18(17)22(2)21-13/h3-7,12H,8-11H2,1-2H3. The quantitative estimate of drug-likeness (QED) is 0.843. The van der Waals surface area contributed by atoms with Crippen LogP contribution in [0.4, 0.5) is 0 Å². The minimum absolute atomic E-state index is 0.148. The fraction of sp³-hybridized carbons (Fsp3) is 0.316. The lowest BCUT2D eigenvalue weighted by atomic mass is 9.95. The average Bonchev–Trinajstić information content (AvgIpc) is 2.88. The van der Waals surface area contributed by atoms with Gasteiger partial charge in [-0.25, -0.2) is 0 Å². The third kappa shape index (κ3) is 2.46. The van der Waals surface area contributed by atoms with Crippen molar-refractivity contribution in [2.24, 2.45) is 12.0 Å². The number of fused-ring (bicyclic) bond motifs is 2. The zero-order chi connectivity index (χ0) is 16.7. The van der Waals surface area contributed by atoms with Gasteiger partial charge in [-0.05, 0) is 30.9 Å². The van der Waals surface area contributed by atoms with E-state index in [0.717, 1.165) is 48.0 Å². The van der Waals surface area contributed by atoms with Crippen LogP contribution in [0.5, 0.6) is 0 Å². The van der Waals surface area contributed by atoms with Crippen LogP contribution in [-0.4, -0.2) is 33.7 Å². The normalized spacial score (nSPS) is 16.4. The number of nitrogens with zero attached hydrogens (tertiary/aromatic N) is 4. The Morgan fingerprint density at radius 1 is 1.21 bits per heavy atom. The lowest BCUT2D eigenvalue weighted by molar-refractivity contribution is -0.114. The number of aromatic nitrogens is 2. The smallest absolute Gasteiger partial charge is 0.280 e. The fourth-order valence-corrected chi connectivity index (χ4v) is 3.54. The summed E-state index contributed by atoms with van der Waals surface area (Å²) in [4.78, 5) is 18.9. The number of benzene rings is 1. The van der Waals surface area contributed by atoms with Gasteiger partial charge in [0.25, 0.3) is 5.91 Å². The Labute approximate surface area is 140 Å². The lowest BCUT2D eigenvalue weighted by Gasteiger charge is -2.28. The molecule has 5 nitrogen and oxygen atoms in total. The van der Waals surface area contributed by atoms with E-state index in [-0.39, 0.29) is 5.91 Å². The highest BCUT2D eigenvalue weighted by atomic mass is 16.1. The maximum atomic E-state index is 12.4. The molecule has 0 unspecified atom stereocenters. The topological polar surface area (TPSA) is 50.5 Å². The van der Waals surface area contributed by atoms with Crippen molar-refractivity contribution < 1.29 is 4.79 Å². The van der Waals surface area contributed by atoms with Crippen molar-refractivity contribution in [2.75, 3.05) is 13.1 Å². The molecule has 2 aliphatic heterocycles. The highest BCUT2D eigenvalue weighted by molar-refractivity contribution is 6.07. The Kier molecular flexibility index (Phi) is 3.56. The number of rotatable bonds is 3. The second-order valence-electron chi connectivity index (χ2n) is 6.37. The molecule has 0 spiro atoms. The Hall–Kier alpha value is -2.69. The first-order chi connectivity index (χ1) is 11.6. The van der Waals surface area contributed by atoms with Gasteiger partial charge in [0.15, 0.2) is 5.49 Å². The second-order valence-corrected chi connectivity index (χ2v) is 6.37. The van der Waals surface area contributed by atoms with Crippen LogP contribution in [-0.2, 0) is 18.3 Å². The van der Waals surface area contributed by atoms with Crippen LogP contribution in [0.25, 0.3) is 5.57 Å². The number of hydrogen-bond donors (Lipinski definition) is 0. The minimum Gasteiger partial charge on any atom is -0.376 e. The van der Waals surface area contributed by atoms with Gasteiger partial charge in [0.05, 0.1) is 11.3 Å². The third-order valence-electron chi connectivity index (χ3n) is 4.75. The summed E-state index contributed by atoms with van der Waals surface area (Å²) >= 11 is 0. The molecule has 0 bridgehead atoms. The van der Waals surface area contributed by atoms with Crippen molar-refractivity contribution in [3.05, 3.63) is 64.1 Å². The molecule has 2 aromatic rings. The molecule has 1 amide bonds. The molecule has 0 atom stereocenters. The van der Waals surface area contributed by atoms with Gasteiger partial charge in [0, 0.05) is 31.6 Å². The summed E-state index contributed by atoms with van der Waals surface area (Å²) in [7, 11) is 1.84. The van der Waals surface area contributed by atoms with Gasteiger partial charge in [0.2, 0.25) is 0 Å². The highest BCUT2D eigenvalue weighted by Gasteiger charge is 2.26. The van der Waals surface area contributed by atoms with E-state index >= 15 is 0 Å². The van der Waals surface area contributed by atoms with E-state index in [9.17, 15) is 4.79 Å². The molecule has 0 N–H and O–H groups in total. The van der Waals surface area contributed by atoms with Gasteiger partial charge < -0.3 is 4.90 Å². The van der Waals surface area contributed by atoms with Crippen LogP contribution in [0, 0.1) is 6.92 Å². The summed E-state index contributed by atoms with van der Waals surface area (Å²) in [5.74, 6) is -0.148. The van der Waals surface area contributed by atoms with Gasteiger partial charge in [-0.1, -0.05) is 30.3 Å². The predicted molar refractivity (Wildman–Crippen MR) is 91.6 cm³/mol. The van der Waals surface area contributed by atoms with Gasteiger partial charge in [-0.15, -0.1) is 0 Å². The summed E-state index contributed by atoms with van der Waals surface area (Å²) in [6.07, 6.45) is 3.83. The molecule has 4 rings (SSSR count). The van der Waals surface area contributed by atoms with Crippen molar-refractivity contribution in [1.29, 1.82) is 0 Å². The molecule has 0 saturated carbocycles. The molecular weight excluding hydrogens is 300 g/mol. The van der Waals surface area contributed by atoms with E-state index < -0.39 is 0 Å². The summed E-state index contributed by atoms with van der Waals surface area (Å²) < 4.78 is 1.70. The predicted octanol–water partition coefficient (Wildman–Crippen LogP) is 0.871. The molecule has 1 aromatic heterocycles. The van der Waals surface area contributed by atoms with Gasteiger partial charge in [0.1, 0.15) is 0 Å². The molecule has 122 valence electrons. The molecule has 0 saturated heterocycles. The molecule has 0 fully saturated rings. The Morgan fingerprint density at radius 3 is 2.79 bits per heavy atom. The summed E-state index contributed by atoms with van der Waals surface area (Å²) in [6.45, 7) is 3.82.